The molecule has 2 aromatic rings. The first-order valence-corrected chi connectivity index (χ1v) is 9.87. The Labute approximate surface area is 162 Å². The maximum Gasteiger partial charge on any atom is 0.191 e. The van der Waals surface area contributed by atoms with Crippen LogP contribution in [-0.4, -0.2) is 57.7 Å². The quantitative estimate of drug-likeness (QED) is 0.623. The van der Waals surface area contributed by atoms with Gasteiger partial charge in [-0.25, -0.2) is 0 Å². The third-order valence-corrected chi connectivity index (χ3v) is 5.44. The van der Waals surface area contributed by atoms with Crippen molar-refractivity contribution in [3.63, 3.8) is 0 Å². The molecule has 148 valence electrons. The monoisotopic (exact) mass is 371 g/mol. The van der Waals surface area contributed by atoms with Crippen LogP contribution < -0.4 is 10.6 Å². The third-order valence-electron chi connectivity index (χ3n) is 5.44. The summed E-state index contributed by atoms with van der Waals surface area (Å²) in [5.41, 5.74) is 0.925. The van der Waals surface area contributed by atoms with Crippen LogP contribution >= 0.6 is 0 Å². The van der Waals surface area contributed by atoms with Crippen molar-refractivity contribution in [3.05, 3.63) is 30.2 Å². The molecule has 2 atom stereocenters. The van der Waals surface area contributed by atoms with Crippen LogP contribution in [-0.2, 0) is 6.54 Å². The number of nitrogens with zero attached hydrogens (tertiary/aromatic N) is 5. The summed E-state index contributed by atoms with van der Waals surface area (Å²) >= 11 is 0. The molecule has 0 aliphatic carbocycles. The zero-order valence-corrected chi connectivity index (χ0v) is 17.2. The number of hydrogen-bond acceptors (Lipinski definition) is 4. The number of aliphatic imine (C=N–C) groups is 1. The lowest BCUT2D eigenvalue weighted by Crippen LogP contribution is -2.57. The maximum absolute atomic E-state index is 4.36. The van der Waals surface area contributed by atoms with E-state index >= 15 is 0 Å². The summed E-state index contributed by atoms with van der Waals surface area (Å²) in [6, 6.07) is 5.90. The molecule has 0 bridgehead atoms. The van der Waals surface area contributed by atoms with Gasteiger partial charge in [-0.3, -0.25) is 14.3 Å². The Kier molecular flexibility index (Phi) is 5.99. The molecule has 2 N–H and O–H groups in total. The lowest BCUT2D eigenvalue weighted by atomic mass is 9.88. The van der Waals surface area contributed by atoms with E-state index in [0.29, 0.717) is 6.54 Å². The van der Waals surface area contributed by atoms with Gasteiger partial charge in [0.25, 0.3) is 0 Å². The van der Waals surface area contributed by atoms with Gasteiger partial charge in [0.15, 0.2) is 17.4 Å². The average molecular weight is 372 g/mol. The molecule has 0 aromatic carbocycles. The SMILES string of the molecule is CN=C(NCc1nnc2ccccn12)NCC(C)(C)N1CC(C)CC(C)C1. The molecule has 1 fully saturated rings. The van der Waals surface area contributed by atoms with Crippen LogP contribution in [0.1, 0.15) is 39.9 Å². The van der Waals surface area contributed by atoms with E-state index in [1.807, 2.05) is 28.8 Å². The Bertz CT molecular complexity index is 769. The summed E-state index contributed by atoms with van der Waals surface area (Å²) in [6.07, 6.45) is 3.31. The molecule has 1 aliphatic heterocycles. The molecule has 0 saturated carbocycles. The van der Waals surface area contributed by atoms with Crippen LogP contribution in [0, 0.1) is 11.8 Å². The first-order valence-electron chi connectivity index (χ1n) is 9.87. The molecule has 27 heavy (non-hydrogen) atoms. The van der Waals surface area contributed by atoms with Gasteiger partial charge >= 0.3 is 0 Å². The molecule has 2 unspecified atom stereocenters. The number of nitrogens with one attached hydrogen (secondary N) is 2. The van der Waals surface area contributed by atoms with E-state index in [-0.39, 0.29) is 5.54 Å². The number of guanidine groups is 1. The van der Waals surface area contributed by atoms with Crippen molar-refractivity contribution in [2.45, 2.75) is 46.2 Å². The predicted molar refractivity (Wildman–Crippen MR) is 110 cm³/mol. The molecule has 1 aliphatic rings. The summed E-state index contributed by atoms with van der Waals surface area (Å²) in [7, 11) is 1.80. The van der Waals surface area contributed by atoms with Crippen LogP contribution in [0.25, 0.3) is 5.65 Å². The highest BCUT2D eigenvalue weighted by Gasteiger charge is 2.32. The van der Waals surface area contributed by atoms with Crippen molar-refractivity contribution < 1.29 is 0 Å². The fourth-order valence-electron chi connectivity index (χ4n) is 3.96. The van der Waals surface area contributed by atoms with Crippen LogP contribution in [0.4, 0.5) is 0 Å². The maximum atomic E-state index is 4.36. The van der Waals surface area contributed by atoms with E-state index in [9.17, 15) is 0 Å². The Morgan fingerprint density at radius 3 is 2.63 bits per heavy atom. The Morgan fingerprint density at radius 1 is 1.19 bits per heavy atom. The van der Waals surface area contributed by atoms with Gasteiger partial charge in [0.2, 0.25) is 0 Å². The third kappa shape index (κ3) is 4.77. The normalized spacial score (nSPS) is 22.2. The molecular weight excluding hydrogens is 338 g/mol. The number of aromatic nitrogens is 3. The largest absolute Gasteiger partial charge is 0.355 e. The number of pyridine rings is 1. The van der Waals surface area contributed by atoms with E-state index in [1.54, 1.807) is 7.05 Å². The van der Waals surface area contributed by atoms with Crippen molar-refractivity contribution in [3.8, 4) is 0 Å². The summed E-state index contributed by atoms with van der Waals surface area (Å²) in [5, 5.41) is 15.3. The fourth-order valence-corrected chi connectivity index (χ4v) is 3.96. The highest BCUT2D eigenvalue weighted by Crippen LogP contribution is 2.26. The van der Waals surface area contributed by atoms with Crippen molar-refractivity contribution >= 4 is 11.6 Å². The molecule has 1 saturated heterocycles. The minimum absolute atomic E-state index is 0.0715. The van der Waals surface area contributed by atoms with Crippen molar-refractivity contribution in [1.29, 1.82) is 0 Å². The Hall–Kier alpha value is -2.15. The highest BCUT2D eigenvalue weighted by molar-refractivity contribution is 5.79. The first kappa shape index (κ1) is 19.6. The molecule has 7 heteroatoms. The van der Waals surface area contributed by atoms with Crippen LogP contribution in [0.5, 0.6) is 0 Å². The minimum atomic E-state index is 0.0715. The van der Waals surface area contributed by atoms with E-state index < -0.39 is 0 Å². The lowest BCUT2D eigenvalue weighted by molar-refractivity contribution is 0.0483. The van der Waals surface area contributed by atoms with Crippen LogP contribution in [0.15, 0.2) is 29.4 Å². The highest BCUT2D eigenvalue weighted by atomic mass is 15.3. The minimum Gasteiger partial charge on any atom is -0.355 e. The summed E-state index contributed by atoms with van der Waals surface area (Å²) < 4.78 is 1.99. The second-order valence-electron chi connectivity index (χ2n) is 8.49. The zero-order valence-electron chi connectivity index (χ0n) is 17.2. The first-order chi connectivity index (χ1) is 12.9. The average Bonchev–Trinajstić information content (AvgIpc) is 3.04. The number of piperidine rings is 1. The van der Waals surface area contributed by atoms with Crippen molar-refractivity contribution in [1.82, 2.24) is 30.1 Å². The molecule has 0 radical (unpaired) electrons. The summed E-state index contributed by atoms with van der Waals surface area (Å²) in [6.45, 7) is 13.1. The number of likely N-dealkylation sites (tertiary alicyclic amines) is 1. The Balaban J connectivity index is 1.55. The van der Waals surface area contributed by atoms with Gasteiger partial charge in [-0.2, -0.15) is 0 Å². The van der Waals surface area contributed by atoms with E-state index in [4.69, 9.17) is 0 Å². The molecular formula is C20H33N7. The van der Waals surface area contributed by atoms with E-state index in [1.165, 1.54) is 6.42 Å². The van der Waals surface area contributed by atoms with Crippen LogP contribution in [0.3, 0.4) is 0 Å². The van der Waals surface area contributed by atoms with Gasteiger partial charge in [-0.1, -0.05) is 19.9 Å². The zero-order chi connectivity index (χ0) is 19.4. The molecule has 0 amide bonds. The molecule has 3 heterocycles. The number of rotatable bonds is 5. The van der Waals surface area contributed by atoms with Gasteiger partial charge in [0.05, 0.1) is 6.54 Å². The van der Waals surface area contributed by atoms with Gasteiger partial charge in [0, 0.05) is 38.4 Å². The smallest absolute Gasteiger partial charge is 0.191 e. The summed E-state index contributed by atoms with van der Waals surface area (Å²) in [4.78, 5) is 6.97. The predicted octanol–water partition coefficient (Wildman–Crippen LogP) is 2.15. The van der Waals surface area contributed by atoms with Crippen LogP contribution in [0.2, 0.25) is 0 Å². The van der Waals surface area contributed by atoms with E-state index in [0.717, 1.165) is 48.9 Å². The van der Waals surface area contributed by atoms with Gasteiger partial charge in [0.1, 0.15) is 0 Å². The molecule has 3 rings (SSSR count). The summed E-state index contributed by atoms with van der Waals surface area (Å²) in [5.74, 6) is 3.17. The van der Waals surface area contributed by atoms with Gasteiger partial charge in [-0.05, 0) is 44.2 Å². The Morgan fingerprint density at radius 2 is 1.93 bits per heavy atom. The number of fused-ring (bicyclic) bond motifs is 1. The van der Waals surface area contributed by atoms with E-state index in [2.05, 4.69) is 58.4 Å². The lowest BCUT2D eigenvalue weighted by Gasteiger charge is -2.45. The fraction of sp³-hybridized carbons (Fsp3) is 0.650. The standard InChI is InChI=1S/C20H33N7/c1-15-10-16(2)13-26(12-15)20(3,4)14-23-19(21-5)22-11-18-25-24-17-8-6-7-9-27(17)18/h6-9,15-16H,10-14H2,1-5H3,(H2,21,22,23). The van der Waals surface area contributed by atoms with Crippen molar-refractivity contribution in [2.75, 3.05) is 26.7 Å². The number of hydrogen-bond donors (Lipinski definition) is 2. The molecule has 7 nitrogen and oxygen atoms in total. The van der Waals surface area contributed by atoms with Crippen molar-refractivity contribution in [2.24, 2.45) is 16.8 Å². The second-order valence-corrected chi connectivity index (χ2v) is 8.49. The van der Waals surface area contributed by atoms with Gasteiger partial charge in [-0.15, -0.1) is 10.2 Å². The molecule has 2 aromatic heterocycles. The topological polar surface area (TPSA) is 69.8 Å². The second kappa shape index (κ2) is 8.25. The van der Waals surface area contributed by atoms with Gasteiger partial charge < -0.3 is 10.6 Å². The molecule has 0 spiro atoms.